The number of esters is 1. The Hall–Kier alpha value is -4.06. The molecule has 39 heavy (non-hydrogen) atoms. The number of alkyl carbamates (subject to hydrolysis) is 1. The van der Waals surface area contributed by atoms with E-state index < -0.39 is 17.7 Å². The Morgan fingerprint density at radius 3 is 2.46 bits per heavy atom. The Bertz CT molecular complexity index is 1600. The van der Waals surface area contributed by atoms with E-state index in [-0.39, 0.29) is 13.2 Å². The number of aryl methyl sites for hydroxylation is 1. The zero-order valence-electron chi connectivity index (χ0n) is 23.4. The van der Waals surface area contributed by atoms with Gasteiger partial charge < -0.3 is 19.4 Å². The molecule has 0 radical (unpaired) electrons. The summed E-state index contributed by atoms with van der Waals surface area (Å²) in [6, 6.07) is 19.1. The van der Waals surface area contributed by atoms with Crippen molar-refractivity contribution in [3.63, 3.8) is 0 Å². The third-order valence-electron chi connectivity index (χ3n) is 7.21. The van der Waals surface area contributed by atoms with Gasteiger partial charge in [0.05, 0.1) is 24.4 Å². The third kappa shape index (κ3) is 5.29. The van der Waals surface area contributed by atoms with Gasteiger partial charge in [-0.1, -0.05) is 48.5 Å². The molecule has 202 valence electrons. The number of allylic oxidation sites excluding steroid dienone is 2. The Balaban J connectivity index is 1.73. The number of nitrogens with zero attached hydrogens (tertiary/aromatic N) is 1. The lowest BCUT2D eigenvalue weighted by molar-refractivity contribution is 0.0502. The van der Waals surface area contributed by atoms with E-state index in [1.54, 1.807) is 6.92 Å². The van der Waals surface area contributed by atoms with Crippen molar-refractivity contribution in [3.8, 4) is 11.1 Å². The molecule has 0 saturated carbocycles. The maximum absolute atomic E-state index is 13.4. The average molecular weight is 525 g/mol. The first kappa shape index (κ1) is 26.5. The minimum absolute atomic E-state index is 0.135. The highest BCUT2D eigenvalue weighted by Crippen LogP contribution is 2.41. The number of hydrogen-bond donors (Lipinski definition) is 1. The highest BCUT2D eigenvalue weighted by atomic mass is 16.6. The van der Waals surface area contributed by atoms with Gasteiger partial charge in [0.25, 0.3) is 0 Å². The van der Waals surface area contributed by atoms with Crippen LogP contribution in [0, 0.1) is 0 Å². The summed E-state index contributed by atoms with van der Waals surface area (Å²) < 4.78 is 12.9. The molecular weight excluding hydrogens is 488 g/mol. The van der Waals surface area contributed by atoms with Gasteiger partial charge in [-0.2, -0.15) is 0 Å². The molecule has 6 heteroatoms. The second-order valence-electron chi connectivity index (χ2n) is 11.0. The topological polar surface area (TPSA) is 69.6 Å². The van der Waals surface area contributed by atoms with Gasteiger partial charge in [-0.15, -0.1) is 0 Å². The molecule has 0 aliphatic heterocycles. The van der Waals surface area contributed by atoms with Crippen LogP contribution in [-0.4, -0.2) is 28.8 Å². The van der Waals surface area contributed by atoms with Crippen molar-refractivity contribution in [2.75, 3.05) is 6.61 Å². The molecule has 1 N–H and O–H groups in total. The highest BCUT2D eigenvalue weighted by Gasteiger charge is 2.26. The molecule has 3 aromatic carbocycles. The van der Waals surface area contributed by atoms with Crippen LogP contribution in [-0.2, 0) is 23.1 Å². The van der Waals surface area contributed by atoms with Crippen LogP contribution >= 0.6 is 0 Å². The van der Waals surface area contributed by atoms with E-state index in [1.807, 2.05) is 32.4 Å². The summed E-state index contributed by atoms with van der Waals surface area (Å²) >= 11 is 0. The van der Waals surface area contributed by atoms with Crippen LogP contribution in [0.5, 0.6) is 0 Å². The molecule has 5 rings (SSSR count). The fourth-order valence-corrected chi connectivity index (χ4v) is 5.51. The monoisotopic (exact) mass is 524 g/mol. The minimum Gasteiger partial charge on any atom is -0.462 e. The zero-order valence-corrected chi connectivity index (χ0v) is 23.4. The first-order valence-electron chi connectivity index (χ1n) is 13.6. The SMILES string of the molecule is CCOC(=O)c1c(CNC(=O)OC(C)(C)C)n(C)c2cc(C3=CCCC3)c(-c3cccc4ccccc34)cc12. The van der Waals surface area contributed by atoms with Gasteiger partial charge in [0.15, 0.2) is 0 Å². The van der Waals surface area contributed by atoms with Gasteiger partial charge in [-0.05, 0) is 92.1 Å². The fraction of sp³-hybridized carbons (Fsp3) is 0.333. The highest BCUT2D eigenvalue weighted by molar-refractivity contribution is 6.10. The summed E-state index contributed by atoms with van der Waals surface area (Å²) in [5.41, 5.74) is 6.18. The molecule has 6 nitrogen and oxygen atoms in total. The first-order valence-corrected chi connectivity index (χ1v) is 13.6. The van der Waals surface area contributed by atoms with Crippen LogP contribution in [0.25, 0.3) is 38.4 Å². The number of carbonyl (C=O) groups excluding carboxylic acids is 2. The van der Waals surface area contributed by atoms with E-state index in [4.69, 9.17) is 9.47 Å². The maximum Gasteiger partial charge on any atom is 0.407 e. The number of aromatic nitrogens is 1. The van der Waals surface area contributed by atoms with Crippen molar-refractivity contribution >= 4 is 39.3 Å². The predicted molar refractivity (Wildman–Crippen MR) is 157 cm³/mol. The number of hydrogen-bond acceptors (Lipinski definition) is 4. The summed E-state index contributed by atoms with van der Waals surface area (Å²) in [7, 11) is 1.93. The molecule has 1 aliphatic carbocycles. The molecule has 1 aromatic heterocycles. The molecule has 1 amide bonds. The van der Waals surface area contributed by atoms with E-state index in [1.165, 1.54) is 21.9 Å². The summed E-state index contributed by atoms with van der Waals surface area (Å²) in [6.45, 7) is 7.66. The molecular formula is C33H36N2O4. The molecule has 4 aromatic rings. The smallest absolute Gasteiger partial charge is 0.407 e. The molecule has 0 bridgehead atoms. The lowest BCUT2D eigenvalue weighted by atomic mass is 9.89. The summed E-state index contributed by atoms with van der Waals surface area (Å²) in [5, 5.41) is 5.98. The molecule has 0 spiro atoms. The van der Waals surface area contributed by atoms with Crippen LogP contribution < -0.4 is 5.32 Å². The van der Waals surface area contributed by atoms with Crippen LogP contribution in [0.2, 0.25) is 0 Å². The van der Waals surface area contributed by atoms with Crippen LogP contribution in [0.1, 0.15) is 68.6 Å². The van der Waals surface area contributed by atoms with Gasteiger partial charge in [-0.3, -0.25) is 0 Å². The second kappa shape index (κ2) is 10.6. The Morgan fingerprint density at radius 2 is 1.74 bits per heavy atom. The van der Waals surface area contributed by atoms with Gasteiger partial charge in [-0.25, -0.2) is 9.59 Å². The lowest BCUT2D eigenvalue weighted by Crippen LogP contribution is -2.33. The van der Waals surface area contributed by atoms with Crippen LogP contribution in [0.4, 0.5) is 4.79 Å². The molecule has 0 unspecified atom stereocenters. The molecule has 1 aliphatic rings. The van der Waals surface area contributed by atoms with Gasteiger partial charge in [0.2, 0.25) is 0 Å². The van der Waals surface area contributed by atoms with E-state index >= 15 is 0 Å². The fourth-order valence-electron chi connectivity index (χ4n) is 5.51. The van der Waals surface area contributed by atoms with Gasteiger partial charge in [0.1, 0.15) is 5.60 Å². The first-order chi connectivity index (χ1) is 18.7. The number of carbonyl (C=O) groups is 2. The maximum atomic E-state index is 13.4. The van der Waals surface area contributed by atoms with Gasteiger partial charge >= 0.3 is 12.1 Å². The van der Waals surface area contributed by atoms with E-state index in [9.17, 15) is 9.59 Å². The van der Waals surface area contributed by atoms with Crippen molar-refractivity contribution in [2.45, 2.75) is 59.1 Å². The average Bonchev–Trinajstić information content (AvgIpc) is 3.52. The number of fused-ring (bicyclic) bond motifs is 2. The van der Waals surface area contributed by atoms with Crippen LogP contribution in [0.3, 0.4) is 0 Å². The molecule has 0 fully saturated rings. The van der Waals surface area contributed by atoms with Gasteiger partial charge in [0, 0.05) is 18.0 Å². The largest absolute Gasteiger partial charge is 0.462 e. The third-order valence-corrected chi connectivity index (χ3v) is 7.21. The van der Waals surface area contributed by atoms with Crippen molar-refractivity contribution in [1.82, 2.24) is 9.88 Å². The normalized spacial score (nSPS) is 13.5. The van der Waals surface area contributed by atoms with Crippen molar-refractivity contribution < 1.29 is 19.1 Å². The Kier molecular flexibility index (Phi) is 7.21. The number of ether oxygens (including phenoxy) is 2. The van der Waals surface area contributed by atoms with Crippen LogP contribution in [0.15, 0.2) is 60.7 Å². The summed E-state index contributed by atoms with van der Waals surface area (Å²) in [6.07, 6.45) is 5.01. The molecule has 0 saturated heterocycles. The summed E-state index contributed by atoms with van der Waals surface area (Å²) in [4.78, 5) is 25.9. The van der Waals surface area contributed by atoms with Crippen molar-refractivity contribution in [2.24, 2.45) is 7.05 Å². The number of benzene rings is 3. The Morgan fingerprint density at radius 1 is 0.974 bits per heavy atom. The van der Waals surface area contributed by atoms with Crippen molar-refractivity contribution in [3.05, 3.63) is 77.5 Å². The van der Waals surface area contributed by atoms with E-state index in [0.29, 0.717) is 11.3 Å². The standard InChI is InChI=1S/C33H36N2O4/c1-6-38-31(36)30-27-18-26(24-17-11-15-21-12-9-10-16-23(21)24)25(22-13-7-8-14-22)19-28(27)35(5)29(30)20-34-32(37)39-33(2,3)4/h9-13,15-19H,6-8,14,20H2,1-5H3,(H,34,37). The van der Waals surface area contributed by atoms with E-state index in [0.717, 1.165) is 41.3 Å². The molecule has 0 atom stereocenters. The molecule has 1 heterocycles. The zero-order chi connectivity index (χ0) is 27.7. The number of rotatable bonds is 6. The van der Waals surface area contributed by atoms with E-state index in [2.05, 4.69) is 66.0 Å². The predicted octanol–water partition coefficient (Wildman–Crippen LogP) is 7.77. The quantitative estimate of drug-likeness (QED) is 0.262. The summed E-state index contributed by atoms with van der Waals surface area (Å²) in [5.74, 6) is -0.402. The second-order valence-corrected chi connectivity index (χ2v) is 11.0. The number of amides is 1. The Labute approximate surface area is 229 Å². The minimum atomic E-state index is -0.621. The number of nitrogens with one attached hydrogen (secondary N) is 1. The van der Waals surface area contributed by atoms with Crippen molar-refractivity contribution in [1.29, 1.82) is 0 Å². The lowest BCUT2D eigenvalue weighted by Gasteiger charge is -2.20.